The number of nitrogens with zero attached hydrogens (tertiary/aromatic N) is 1. The highest BCUT2D eigenvalue weighted by Gasteiger charge is 2.25. The lowest BCUT2D eigenvalue weighted by Crippen LogP contribution is -2.44. The lowest BCUT2D eigenvalue weighted by molar-refractivity contribution is -0.151. The molecular weight excluding hydrogens is 551 g/mol. The van der Waals surface area contributed by atoms with Crippen molar-refractivity contribution in [3.63, 3.8) is 0 Å². The highest BCUT2D eigenvalue weighted by atomic mass is 32.2. The quantitative estimate of drug-likeness (QED) is 0.161. The molecule has 224 valence electrons. The number of halogens is 1. The maximum absolute atomic E-state index is 14.3. The van der Waals surface area contributed by atoms with E-state index in [0.717, 1.165) is 37.8 Å². The molecular formula is C29H39FN4O6S. The minimum absolute atomic E-state index is 0.132. The Balaban J connectivity index is 2.08. The summed E-state index contributed by atoms with van der Waals surface area (Å²) >= 11 is 1.25. The molecule has 2 bridgehead atoms. The van der Waals surface area contributed by atoms with Crippen LogP contribution in [-0.4, -0.2) is 51.7 Å². The molecule has 1 aliphatic heterocycles. The van der Waals surface area contributed by atoms with Gasteiger partial charge in [-0.1, -0.05) is 56.5 Å². The summed E-state index contributed by atoms with van der Waals surface area (Å²) in [5.41, 5.74) is -0.461. The summed E-state index contributed by atoms with van der Waals surface area (Å²) in [5.74, 6) is -3.02. The molecule has 3 N–H and O–H groups in total. The Bertz CT molecular complexity index is 1160. The van der Waals surface area contributed by atoms with E-state index in [9.17, 15) is 28.4 Å². The Hall–Kier alpha value is -3.54. The number of cyclic esters (lactones) is 1. The molecule has 2 rings (SSSR count). The average molecular weight is 591 g/mol. The van der Waals surface area contributed by atoms with Gasteiger partial charge in [0.25, 0.3) is 11.8 Å². The second kappa shape index (κ2) is 18.0. The first-order chi connectivity index (χ1) is 19.6. The summed E-state index contributed by atoms with van der Waals surface area (Å²) < 4.78 is 19.8. The number of unbranched alkanes of at least 4 members (excludes halogenated alkanes) is 4. The van der Waals surface area contributed by atoms with Gasteiger partial charge >= 0.3 is 5.97 Å². The third kappa shape index (κ3) is 12.2. The van der Waals surface area contributed by atoms with E-state index >= 15 is 0 Å². The van der Waals surface area contributed by atoms with Crippen molar-refractivity contribution in [3.8, 4) is 0 Å². The van der Waals surface area contributed by atoms with Gasteiger partial charge in [-0.25, -0.2) is 14.2 Å². The Morgan fingerprint density at radius 2 is 1.90 bits per heavy atom. The smallest absolute Gasteiger partial charge is 0.328 e. The van der Waals surface area contributed by atoms with E-state index in [2.05, 4.69) is 27.9 Å². The molecule has 0 fully saturated rings. The van der Waals surface area contributed by atoms with Crippen LogP contribution in [-0.2, 0) is 30.5 Å². The molecule has 2 atom stereocenters. The molecule has 41 heavy (non-hydrogen) atoms. The highest BCUT2D eigenvalue weighted by Crippen LogP contribution is 2.14. The minimum atomic E-state index is -1.10. The van der Waals surface area contributed by atoms with Crippen LogP contribution in [0.25, 0.3) is 0 Å². The molecule has 12 heteroatoms. The molecule has 0 aliphatic carbocycles. The van der Waals surface area contributed by atoms with Gasteiger partial charge < -0.3 is 20.7 Å². The standard InChI is InChI=1S/C29H39FN4O6S/c1-4-6-7-8-9-13-26(36)41-16-11-10-12-20-17-25(35)31-18-24-21(30)14-15-23(33-24)28(38)34-22(5-2)27(37)32-19(3)29(39)40-20/h5,10,12,14-15,19-20H,4,6-9,11,13,16-18H2,1-3H3,(H,31,35)(H,32,37)(H,34,38)/b12-10+,22-5-/t19-,20+/m0/s1. The third-order valence-corrected chi connectivity index (χ3v) is 7.09. The van der Waals surface area contributed by atoms with Gasteiger partial charge in [0.2, 0.25) is 5.91 Å². The number of amides is 3. The van der Waals surface area contributed by atoms with Crippen LogP contribution in [0.5, 0.6) is 0 Å². The van der Waals surface area contributed by atoms with Gasteiger partial charge in [0, 0.05) is 12.2 Å². The van der Waals surface area contributed by atoms with Crippen molar-refractivity contribution < 1.29 is 33.1 Å². The van der Waals surface area contributed by atoms with Crippen LogP contribution in [0, 0.1) is 5.82 Å². The first-order valence-corrected chi connectivity index (χ1v) is 14.9. The number of carbonyl (C=O) groups is 5. The fourth-order valence-electron chi connectivity index (χ4n) is 3.79. The first-order valence-electron chi connectivity index (χ1n) is 13.9. The molecule has 1 aromatic heterocycles. The average Bonchev–Trinajstić information content (AvgIpc) is 2.94. The summed E-state index contributed by atoms with van der Waals surface area (Å²) in [6.07, 6.45) is 9.85. The number of allylic oxidation sites excluding steroid dienone is 2. The topological polar surface area (TPSA) is 144 Å². The van der Waals surface area contributed by atoms with Gasteiger partial charge in [-0.3, -0.25) is 19.2 Å². The number of thioether (sulfide) groups is 1. The Morgan fingerprint density at radius 1 is 1.15 bits per heavy atom. The second-order valence-corrected chi connectivity index (χ2v) is 10.7. The number of pyridine rings is 1. The maximum Gasteiger partial charge on any atom is 0.328 e. The number of esters is 1. The van der Waals surface area contributed by atoms with E-state index in [-0.39, 0.29) is 35.2 Å². The predicted octanol–water partition coefficient (Wildman–Crippen LogP) is 3.86. The van der Waals surface area contributed by atoms with Crippen molar-refractivity contribution >= 4 is 40.6 Å². The molecule has 0 aromatic carbocycles. The molecule has 1 aliphatic rings. The van der Waals surface area contributed by atoms with E-state index in [1.807, 2.05) is 0 Å². The van der Waals surface area contributed by atoms with E-state index in [1.54, 1.807) is 12.2 Å². The lowest BCUT2D eigenvalue weighted by Gasteiger charge is -2.20. The summed E-state index contributed by atoms with van der Waals surface area (Å²) in [6.45, 7) is 4.78. The van der Waals surface area contributed by atoms with Crippen LogP contribution in [0.1, 0.15) is 88.3 Å². The Morgan fingerprint density at radius 3 is 2.63 bits per heavy atom. The minimum Gasteiger partial charge on any atom is -0.456 e. The molecule has 1 aromatic rings. The zero-order valence-corrected chi connectivity index (χ0v) is 24.6. The molecule has 10 nitrogen and oxygen atoms in total. The van der Waals surface area contributed by atoms with Crippen molar-refractivity contribution in [3.05, 3.63) is 53.3 Å². The monoisotopic (exact) mass is 590 g/mol. The molecule has 0 spiro atoms. The summed E-state index contributed by atoms with van der Waals surface area (Å²) in [5, 5.41) is 7.52. The number of fused-ring (bicyclic) bond motifs is 2. The zero-order valence-electron chi connectivity index (χ0n) is 23.8. The van der Waals surface area contributed by atoms with Crippen molar-refractivity contribution in [2.24, 2.45) is 0 Å². The van der Waals surface area contributed by atoms with Crippen LogP contribution in [0.3, 0.4) is 0 Å². The number of hydrogen-bond donors (Lipinski definition) is 3. The van der Waals surface area contributed by atoms with Gasteiger partial charge in [0.05, 0.1) is 18.7 Å². The molecule has 0 saturated heterocycles. The Labute approximate surface area is 244 Å². The molecule has 2 heterocycles. The summed E-state index contributed by atoms with van der Waals surface area (Å²) in [6, 6.07) is 1.11. The second-order valence-electron chi connectivity index (χ2n) is 9.53. The molecule has 0 unspecified atom stereocenters. The Kier molecular flexibility index (Phi) is 14.8. The maximum atomic E-state index is 14.3. The van der Waals surface area contributed by atoms with E-state index in [1.165, 1.54) is 38.1 Å². The fraction of sp³-hybridized carbons (Fsp3) is 0.517. The van der Waals surface area contributed by atoms with Crippen molar-refractivity contribution in [1.29, 1.82) is 0 Å². The van der Waals surface area contributed by atoms with Gasteiger partial charge in [-0.05, 0) is 44.9 Å². The van der Waals surface area contributed by atoms with Crippen molar-refractivity contribution in [2.75, 3.05) is 5.75 Å². The van der Waals surface area contributed by atoms with Crippen LogP contribution in [0.2, 0.25) is 0 Å². The van der Waals surface area contributed by atoms with Crippen molar-refractivity contribution in [1.82, 2.24) is 20.9 Å². The summed E-state index contributed by atoms with van der Waals surface area (Å²) in [4.78, 5) is 66.7. The van der Waals surface area contributed by atoms with Gasteiger partial charge in [-0.15, -0.1) is 0 Å². The third-order valence-electron chi connectivity index (χ3n) is 6.12. The van der Waals surface area contributed by atoms with Crippen LogP contribution in [0.15, 0.2) is 36.1 Å². The zero-order chi connectivity index (χ0) is 30.2. The van der Waals surface area contributed by atoms with Crippen LogP contribution >= 0.6 is 11.8 Å². The predicted molar refractivity (Wildman–Crippen MR) is 154 cm³/mol. The largest absolute Gasteiger partial charge is 0.456 e. The number of hydrogen-bond acceptors (Lipinski definition) is 8. The van der Waals surface area contributed by atoms with Crippen LogP contribution < -0.4 is 16.0 Å². The number of aromatic nitrogens is 1. The molecule has 0 saturated carbocycles. The summed E-state index contributed by atoms with van der Waals surface area (Å²) in [7, 11) is 0. The SMILES string of the molecule is C/C=C1\NC(=O)c2ccc(F)c(n2)CNC(=O)C[C@@H](/C=C/CCSC(=O)CCCCCCC)OC(=O)[C@H](C)NC1=O. The van der Waals surface area contributed by atoms with Crippen LogP contribution in [0.4, 0.5) is 4.39 Å². The van der Waals surface area contributed by atoms with E-state index < -0.39 is 41.7 Å². The number of nitrogens with one attached hydrogen (secondary N) is 3. The molecule has 0 radical (unpaired) electrons. The first kappa shape index (κ1) is 33.7. The van der Waals surface area contributed by atoms with Gasteiger partial charge in [-0.2, -0.15) is 0 Å². The number of ether oxygens (including phenoxy) is 1. The normalized spacial score (nSPS) is 20.0. The van der Waals surface area contributed by atoms with E-state index in [0.29, 0.717) is 18.6 Å². The fourth-order valence-corrected chi connectivity index (χ4v) is 4.56. The van der Waals surface area contributed by atoms with Gasteiger partial charge in [0.1, 0.15) is 29.4 Å². The number of rotatable bonds is 10. The lowest BCUT2D eigenvalue weighted by atomic mass is 10.1. The van der Waals surface area contributed by atoms with Crippen molar-refractivity contribution in [2.45, 2.75) is 90.8 Å². The number of carbonyl (C=O) groups excluding carboxylic acids is 5. The molecule has 3 amide bonds. The van der Waals surface area contributed by atoms with Gasteiger partial charge in [0.15, 0.2) is 5.12 Å². The highest BCUT2D eigenvalue weighted by molar-refractivity contribution is 8.13. The van der Waals surface area contributed by atoms with E-state index in [4.69, 9.17) is 4.74 Å².